The molecular formula is C16H9ClN6. The molecule has 0 atom stereocenters. The molecule has 0 spiro atoms. The fraction of sp³-hybridized carbons (Fsp3) is 0. The number of rotatable bonds is 3. The van der Waals surface area contributed by atoms with Crippen LogP contribution in [0.15, 0.2) is 54.2 Å². The van der Waals surface area contributed by atoms with Gasteiger partial charge in [0, 0.05) is 16.9 Å². The lowest BCUT2D eigenvalue weighted by molar-refractivity contribution is 0.766. The maximum atomic E-state index is 8.71. The third kappa shape index (κ3) is 3.13. The summed E-state index contributed by atoms with van der Waals surface area (Å²) >= 11 is 5.87. The second kappa shape index (κ2) is 6.18. The molecule has 6 nitrogen and oxygen atoms in total. The van der Waals surface area contributed by atoms with Crippen molar-refractivity contribution >= 4 is 28.3 Å². The van der Waals surface area contributed by atoms with E-state index in [1.54, 1.807) is 36.4 Å². The number of halogens is 1. The van der Waals surface area contributed by atoms with Crippen LogP contribution in [0.4, 0.5) is 5.69 Å². The van der Waals surface area contributed by atoms with E-state index in [9.17, 15) is 0 Å². The van der Waals surface area contributed by atoms with Crippen molar-refractivity contribution in [3.05, 3.63) is 59.3 Å². The first-order valence-corrected chi connectivity index (χ1v) is 6.97. The van der Waals surface area contributed by atoms with Gasteiger partial charge in [0.05, 0.1) is 5.69 Å². The zero-order valence-corrected chi connectivity index (χ0v) is 12.5. The Hall–Kier alpha value is -3.35. The highest BCUT2D eigenvalue weighted by Crippen LogP contribution is 2.18. The average molecular weight is 321 g/mol. The van der Waals surface area contributed by atoms with Gasteiger partial charge in [-0.1, -0.05) is 11.6 Å². The summed E-state index contributed by atoms with van der Waals surface area (Å²) in [6.07, 6.45) is 1.35. The van der Waals surface area contributed by atoms with Crippen molar-refractivity contribution < 1.29 is 0 Å². The van der Waals surface area contributed by atoms with E-state index in [-0.39, 0.29) is 5.57 Å². The van der Waals surface area contributed by atoms with Gasteiger partial charge in [0.15, 0.2) is 0 Å². The Bertz CT molecular complexity index is 956. The molecule has 1 aromatic heterocycles. The fourth-order valence-electron chi connectivity index (χ4n) is 1.94. The summed E-state index contributed by atoms with van der Waals surface area (Å²) in [5.41, 5.74) is 2.93. The van der Waals surface area contributed by atoms with Crippen molar-refractivity contribution in [3.8, 4) is 17.8 Å². The van der Waals surface area contributed by atoms with Crippen molar-refractivity contribution in [1.82, 2.24) is 15.0 Å². The fourth-order valence-corrected chi connectivity index (χ4v) is 2.07. The number of hydrogen-bond donors (Lipinski definition) is 1. The zero-order valence-electron chi connectivity index (χ0n) is 11.7. The molecule has 0 aliphatic rings. The van der Waals surface area contributed by atoms with Gasteiger partial charge in [-0.05, 0) is 42.5 Å². The summed E-state index contributed by atoms with van der Waals surface area (Å²) in [6, 6.07) is 16.2. The van der Waals surface area contributed by atoms with Crippen molar-refractivity contribution in [2.45, 2.75) is 0 Å². The highest BCUT2D eigenvalue weighted by Gasteiger charge is 2.05. The molecule has 2 aromatic carbocycles. The molecule has 110 valence electrons. The summed E-state index contributed by atoms with van der Waals surface area (Å²) in [5.74, 6) is 0. The number of hydrogen-bond acceptors (Lipinski definition) is 5. The molecule has 0 saturated heterocycles. The van der Waals surface area contributed by atoms with E-state index in [1.165, 1.54) is 11.0 Å². The Morgan fingerprint density at radius 3 is 2.43 bits per heavy atom. The second-order valence-electron chi connectivity index (χ2n) is 4.60. The quantitative estimate of drug-likeness (QED) is 0.747. The van der Waals surface area contributed by atoms with Crippen LogP contribution in [0.5, 0.6) is 0 Å². The van der Waals surface area contributed by atoms with Crippen LogP contribution < -0.4 is 5.32 Å². The van der Waals surface area contributed by atoms with E-state index in [4.69, 9.17) is 22.1 Å². The Morgan fingerprint density at radius 1 is 1.04 bits per heavy atom. The van der Waals surface area contributed by atoms with E-state index in [0.717, 1.165) is 11.2 Å². The maximum absolute atomic E-state index is 8.71. The van der Waals surface area contributed by atoms with Gasteiger partial charge >= 0.3 is 0 Å². The normalized spacial score (nSPS) is 9.87. The van der Waals surface area contributed by atoms with Crippen LogP contribution in [0.1, 0.15) is 0 Å². The first kappa shape index (κ1) is 14.6. The number of nitriles is 2. The van der Waals surface area contributed by atoms with Crippen LogP contribution in [0, 0.1) is 22.7 Å². The van der Waals surface area contributed by atoms with Gasteiger partial charge in [-0.15, -0.1) is 10.2 Å². The molecule has 3 aromatic rings. The average Bonchev–Trinajstić information content (AvgIpc) is 2.99. The number of nitrogens with zero attached hydrogens (tertiary/aromatic N) is 5. The van der Waals surface area contributed by atoms with Crippen LogP contribution in [0.25, 0.3) is 16.7 Å². The van der Waals surface area contributed by atoms with Crippen LogP contribution in [-0.2, 0) is 0 Å². The van der Waals surface area contributed by atoms with E-state index < -0.39 is 0 Å². The van der Waals surface area contributed by atoms with Gasteiger partial charge < -0.3 is 5.32 Å². The SMILES string of the molecule is N#CC(C#N)=CNc1ccc2nn(-c3ccc(Cl)cc3)nc2c1. The molecule has 0 aliphatic carbocycles. The number of aromatic nitrogens is 3. The lowest BCUT2D eigenvalue weighted by atomic mass is 10.2. The van der Waals surface area contributed by atoms with Crippen LogP contribution >= 0.6 is 11.6 Å². The molecule has 0 bridgehead atoms. The third-order valence-corrected chi connectivity index (χ3v) is 3.31. The van der Waals surface area contributed by atoms with Crippen LogP contribution in [0.2, 0.25) is 5.02 Å². The summed E-state index contributed by atoms with van der Waals surface area (Å²) in [5, 5.41) is 29.8. The first-order chi connectivity index (χ1) is 11.2. The van der Waals surface area contributed by atoms with Gasteiger partial charge in [-0.25, -0.2) is 0 Å². The van der Waals surface area contributed by atoms with Gasteiger partial charge in [-0.3, -0.25) is 0 Å². The van der Waals surface area contributed by atoms with E-state index in [1.807, 2.05) is 18.2 Å². The zero-order chi connectivity index (χ0) is 16.2. The number of allylic oxidation sites excluding steroid dienone is 1. The predicted molar refractivity (Wildman–Crippen MR) is 86.8 cm³/mol. The minimum Gasteiger partial charge on any atom is -0.360 e. The molecule has 7 heteroatoms. The molecule has 1 heterocycles. The van der Waals surface area contributed by atoms with Crippen LogP contribution in [-0.4, -0.2) is 15.0 Å². The monoisotopic (exact) mass is 320 g/mol. The predicted octanol–water partition coefficient (Wildman–Crippen LogP) is 3.42. The highest BCUT2D eigenvalue weighted by molar-refractivity contribution is 6.30. The molecule has 0 aliphatic heterocycles. The molecule has 0 unspecified atom stereocenters. The lowest BCUT2D eigenvalue weighted by Crippen LogP contribution is -1.97. The lowest BCUT2D eigenvalue weighted by Gasteiger charge is -1.98. The minimum atomic E-state index is -0.00471. The topological polar surface area (TPSA) is 90.3 Å². The van der Waals surface area contributed by atoms with Gasteiger partial charge in [-0.2, -0.15) is 15.3 Å². The van der Waals surface area contributed by atoms with Crippen molar-refractivity contribution in [3.63, 3.8) is 0 Å². The second-order valence-corrected chi connectivity index (χ2v) is 5.03. The van der Waals surface area contributed by atoms with Crippen molar-refractivity contribution in [2.24, 2.45) is 0 Å². The van der Waals surface area contributed by atoms with Crippen molar-refractivity contribution in [1.29, 1.82) is 10.5 Å². The van der Waals surface area contributed by atoms with E-state index in [0.29, 0.717) is 16.2 Å². The first-order valence-electron chi connectivity index (χ1n) is 6.59. The molecule has 0 fully saturated rings. The Kier molecular flexibility index (Phi) is 3.92. The van der Waals surface area contributed by atoms with Gasteiger partial charge in [0.1, 0.15) is 28.7 Å². The van der Waals surface area contributed by atoms with Crippen LogP contribution in [0.3, 0.4) is 0 Å². The molecule has 0 radical (unpaired) electrons. The van der Waals surface area contributed by atoms with E-state index in [2.05, 4.69) is 15.5 Å². The molecule has 1 N–H and O–H groups in total. The third-order valence-electron chi connectivity index (χ3n) is 3.06. The molecule has 0 saturated carbocycles. The summed E-state index contributed by atoms with van der Waals surface area (Å²) in [7, 11) is 0. The molecule has 3 rings (SSSR count). The number of benzene rings is 2. The summed E-state index contributed by atoms with van der Waals surface area (Å²) < 4.78 is 0. The Labute approximate surface area is 136 Å². The van der Waals surface area contributed by atoms with Gasteiger partial charge in [0.25, 0.3) is 0 Å². The molecule has 0 amide bonds. The minimum absolute atomic E-state index is 0.00471. The number of anilines is 1. The maximum Gasteiger partial charge on any atom is 0.145 e. The number of nitrogens with one attached hydrogen (secondary N) is 1. The smallest absolute Gasteiger partial charge is 0.145 e. The number of fused-ring (bicyclic) bond motifs is 1. The standard InChI is InChI=1S/C16H9ClN6/c17-12-1-4-14(5-2-12)23-21-15-6-3-13(7-16(15)22-23)20-10-11(8-18)9-19/h1-7,10,20H. The largest absolute Gasteiger partial charge is 0.360 e. The van der Waals surface area contributed by atoms with Crippen molar-refractivity contribution in [2.75, 3.05) is 5.32 Å². The highest BCUT2D eigenvalue weighted by atomic mass is 35.5. The Balaban J connectivity index is 1.92. The summed E-state index contributed by atoms with van der Waals surface area (Å²) in [4.78, 5) is 1.52. The van der Waals surface area contributed by atoms with E-state index >= 15 is 0 Å². The van der Waals surface area contributed by atoms with Gasteiger partial charge in [0.2, 0.25) is 0 Å². The molecular weight excluding hydrogens is 312 g/mol. The molecule has 23 heavy (non-hydrogen) atoms. The Morgan fingerprint density at radius 2 is 1.74 bits per heavy atom. The summed E-state index contributed by atoms with van der Waals surface area (Å²) in [6.45, 7) is 0.